The predicted molar refractivity (Wildman–Crippen MR) is 39.1 cm³/mol. The van der Waals surface area contributed by atoms with Gasteiger partial charge in [-0.3, -0.25) is 0 Å². The van der Waals surface area contributed by atoms with Gasteiger partial charge in [-0.1, -0.05) is 0 Å². The fourth-order valence-corrected chi connectivity index (χ4v) is 0. The summed E-state index contributed by atoms with van der Waals surface area (Å²) in [5.74, 6) is -2.87. The van der Waals surface area contributed by atoms with E-state index in [4.69, 9.17) is 10.2 Å². The maximum absolute atomic E-state index is 9.34. The van der Waals surface area contributed by atoms with E-state index in [1.807, 2.05) is 0 Å². The number of carboxylic acids is 2. The van der Waals surface area contributed by atoms with Gasteiger partial charge in [-0.2, -0.15) is 0 Å². The number of carbonyl (C=O) groups is 2. The van der Waals surface area contributed by atoms with E-state index in [0.717, 1.165) is 13.8 Å². The van der Waals surface area contributed by atoms with E-state index in [1.165, 1.54) is 0 Å². The quantitative estimate of drug-likeness (QED) is 0.453. The molecule has 0 aliphatic carbocycles. The number of rotatable bonds is 2. The van der Waals surface area contributed by atoms with Gasteiger partial charge < -0.3 is 30.0 Å². The van der Waals surface area contributed by atoms with Crippen molar-refractivity contribution in [1.29, 1.82) is 0 Å². The minimum Gasteiger partial charge on any atom is -0.547 e. The van der Waals surface area contributed by atoms with Crippen LogP contribution in [0.2, 0.25) is 0 Å². The molecule has 0 rings (SSSR count). The van der Waals surface area contributed by atoms with Crippen LogP contribution in [0.3, 0.4) is 0 Å². The van der Waals surface area contributed by atoms with Gasteiger partial charge in [0, 0.05) is 0 Å². The monoisotopic (exact) mass is 228 g/mol. The Labute approximate surface area is 114 Å². The first kappa shape index (κ1) is 23.9. The minimum absolute atomic E-state index is 0. The van der Waals surface area contributed by atoms with E-state index >= 15 is 0 Å². The number of hydrogen-bond acceptors (Lipinski definition) is 6. The zero-order valence-corrected chi connectivity index (χ0v) is 11.4. The van der Waals surface area contributed by atoms with Gasteiger partial charge in [0.2, 0.25) is 0 Å². The minimum atomic E-state index is -1.44. The van der Waals surface area contributed by atoms with E-state index in [9.17, 15) is 19.8 Å². The van der Waals surface area contributed by atoms with Crippen molar-refractivity contribution < 1.29 is 59.6 Å². The van der Waals surface area contributed by atoms with Gasteiger partial charge in [0.15, 0.2) is 0 Å². The number of hydrogen-bond donors (Lipinski definition) is 2. The summed E-state index contributed by atoms with van der Waals surface area (Å²) in [6.45, 7) is 2.27. The standard InChI is InChI=1S/2C3H6O3.Al.Na/c2*1-2(4)3(5)6;;/h2*2,4H,1H3,(H,5,6);;/q;;+3;+1/p-2. The third-order valence-electron chi connectivity index (χ3n) is 0.682. The van der Waals surface area contributed by atoms with E-state index < -0.39 is 24.1 Å². The average Bonchev–Trinajstić information content (AvgIpc) is 1.88. The van der Waals surface area contributed by atoms with Crippen molar-refractivity contribution in [3.63, 3.8) is 0 Å². The molecule has 2 N–H and O–H groups in total. The van der Waals surface area contributed by atoms with Crippen LogP contribution in [0.4, 0.5) is 0 Å². The van der Waals surface area contributed by atoms with Crippen molar-refractivity contribution in [3.05, 3.63) is 0 Å². The predicted octanol–water partition coefficient (Wildman–Crippen LogP) is -7.14. The molecule has 0 bridgehead atoms. The molecule has 0 heterocycles. The fraction of sp³-hybridized carbons (Fsp3) is 0.667. The molecule has 0 aromatic heterocycles. The molecule has 0 saturated carbocycles. The molecule has 0 fully saturated rings. The van der Waals surface area contributed by atoms with Crippen LogP contribution in [0, 0.1) is 0 Å². The summed E-state index contributed by atoms with van der Waals surface area (Å²) in [5.41, 5.74) is 0. The summed E-state index contributed by atoms with van der Waals surface area (Å²) in [7, 11) is 0. The molecule has 0 radical (unpaired) electrons. The van der Waals surface area contributed by atoms with Gasteiger partial charge in [-0.05, 0) is 13.8 Å². The number of carbonyl (C=O) groups excluding carboxylic acids is 2. The topological polar surface area (TPSA) is 121 Å². The number of carboxylic acid groups (broad SMARTS) is 2. The molecule has 0 aliphatic heterocycles. The Morgan fingerprint density at radius 2 is 1.07 bits per heavy atom. The Balaban J connectivity index is -0.0000000625. The summed E-state index contributed by atoms with van der Waals surface area (Å²) in [6, 6.07) is 0. The third kappa shape index (κ3) is 22.8. The van der Waals surface area contributed by atoms with Crippen molar-refractivity contribution in [2.45, 2.75) is 26.1 Å². The first-order valence-electron chi connectivity index (χ1n) is 3.06. The Hall–Kier alpha value is 0.392. The van der Waals surface area contributed by atoms with Crippen LogP contribution in [-0.4, -0.2) is 51.7 Å². The first-order chi connectivity index (χ1) is 5.29. The van der Waals surface area contributed by atoms with Gasteiger partial charge >= 0.3 is 46.9 Å². The molecule has 72 valence electrons. The molecular weight excluding hydrogens is 218 g/mol. The van der Waals surface area contributed by atoms with Crippen molar-refractivity contribution in [2.24, 2.45) is 0 Å². The van der Waals surface area contributed by atoms with Gasteiger partial charge in [0.05, 0.1) is 24.1 Å². The van der Waals surface area contributed by atoms with Crippen LogP contribution in [0.15, 0.2) is 0 Å². The third-order valence-corrected chi connectivity index (χ3v) is 0.682. The van der Waals surface area contributed by atoms with Gasteiger partial charge in [0.25, 0.3) is 0 Å². The van der Waals surface area contributed by atoms with E-state index in [0.29, 0.717) is 0 Å². The van der Waals surface area contributed by atoms with Crippen LogP contribution in [0.25, 0.3) is 0 Å². The number of aliphatic carboxylic acids is 2. The molecular formula is C6H10AlNaO6+2. The molecule has 6 nitrogen and oxygen atoms in total. The molecule has 8 heteroatoms. The van der Waals surface area contributed by atoms with Crippen molar-refractivity contribution in [1.82, 2.24) is 0 Å². The second-order valence-electron chi connectivity index (χ2n) is 1.99. The molecule has 0 amide bonds. The smallest absolute Gasteiger partial charge is 0.547 e. The van der Waals surface area contributed by atoms with Crippen LogP contribution in [0.1, 0.15) is 13.8 Å². The van der Waals surface area contributed by atoms with Crippen molar-refractivity contribution >= 4 is 29.3 Å². The Bertz CT molecular complexity index is 142. The molecule has 0 spiro atoms. The first-order valence-corrected chi connectivity index (χ1v) is 3.06. The summed E-state index contributed by atoms with van der Waals surface area (Å²) in [4.78, 5) is 18.7. The molecule has 0 saturated heterocycles. The van der Waals surface area contributed by atoms with Crippen LogP contribution >= 0.6 is 0 Å². The van der Waals surface area contributed by atoms with Crippen LogP contribution in [-0.2, 0) is 9.59 Å². The molecule has 0 aromatic carbocycles. The largest absolute Gasteiger partial charge is 3.00 e. The van der Waals surface area contributed by atoms with Crippen molar-refractivity contribution in [2.75, 3.05) is 0 Å². The molecule has 14 heavy (non-hydrogen) atoms. The molecule has 2 unspecified atom stereocenters. The number of aliphatic hydroxyl groups excluding tert-OH is 2. The summed E-state index contributed by atoms with van der Waals surface area (Å²) in [6.07, 6.45) is -2.69. The Kier molecular flexibility index (Phi) is 22.9. The van der Waals surface area contributed by atoms with E-state index in [2.05, 4.69) is 0 Å². The molecule has 0 aliphatic rings. The molecule has 0 aromatic rings. The van der Waals surface area contributed by atoms with E-state index in [1.54, 1.807) is 0 Å². The zero-order chi connectivity index (χ0) is 10.3. The second kappa shape index (κ2) is 13.4. The summed E-state index contributed by atoms with van der Waals surface area (Å²) < 4.78 is 0. The zero-order valence-electron chi connectivity index (χ0n) is 8.26. The Morgan fingerprint density at radius 1 is 1.00 bits per heavy atom. The summed E-state index contributed by atoms with van der Waals surface area (Å²) in [5, 5.41) is 34.6. The average molecular weight is 228 g/mol. The fourth-order valence-electron chi connectivity index (χ4n) is 0. The molecule has 2 atom stereocenters. The maximum Gasteiger partial charge on any atom is 3.00 e. The summed E-state index contributed by atoms with van der Waals surface area (Å²) >= 11 is 0. The normalized spacial score (nSPS) is 11.7. The van der Waals surface area contributed by atoms with Crippen molar-refractivity contribution in [3.8, 4) is 0 Å². The SMILES string of the molecule is CC(O)C(=O)[O-].CC(O)C(=O)[O-].[Al+3].[Na+]. The van der Waals surface area contributed by atoms with Crippen LogP contribution < -0.4 is 39.8 Å². The van der Waals surface area contributed by atoms with Gasteiger partial charge in [0.1, 0.15) is 0 Å². The Morgan fingerprint density at radius 3 is 1.07 bits per heavy atom. The van der Waals surface area contributed by atoms with Gasteiger partial charge in [-0.25, -0.2) is 0 Å². The van der Waals surface area contributed by atoms with Crippen LogP contribution in [0.5, 0.6) is 0 Å². The number of aliphatic hydroxyl groups is 2. The maximum atomic E-state index is 9.34. The van der Waals surface area contributed by atoms with Gasteiger partial charge in [-0.15, -0.1) is 0 Å². The second-order valence-corrected chi connectivity index (χ2v) is 1.99. The van der Waals surface area contributed by atoms with E-state index in [-0.39, 0.29) is 46.9 Å².